The summed E-state index contributed by atoms with van der Waals surface area (Å²) >= 11 is 0. The van der Waals surface area contributed by atoms with Crippen LogP contribution in [-0.4, -0.2) is 11.9 Å². The third-order valence-corrected chi connectivity index (χ3v) is 9.24. The minimum absolute atomic E-state index is 0.590. The Morgan fingerprint density at radius 3 is 1.48 bits per heavy atom. The summed E-state index contributed by atoms with van der Waals surface area (Å²) < 4.78 is 0. The first-order chi connectivity index (χ1) is 21.7. The smallest absolute Gasteiger partial charge is 0.0668 e. The molecule has 0 saturated carbocycles. The highest BCUT2D eigenvalue weighted by molar-refractivity contribution is 6.31. The van der Waals surface area contributed by atoms with E-state index in [1.807, 2.05) is 0 Å². The van der Waals surface area contributed by atoms with Crippen LogP contribution in [0, 0.1) is 0 Å². The molecule has 0 spiro atoms. The Balaban J connectivity index is 2.34. The number of unbranched alkanes of at least 4 members (excludes halogenated alkanes) is 11. The topological polar surface area (TPSA) is 24.7 Å². The van der Waals surface area contributed by atoms with Crippen LogP contribution in [0.3, 0.4) is 0 Å². The minimum atomic E-state index is 0.590. The lowest BCUT2D eigenvalue weighted by molar-refractivity contribution is 0.516. The van der Waals surface area contributed by atoms with E-state index >= 15 is 0 Å². The molecule has 2 aromatic carbocycles. The molecule has 2 unspecified atom stereocenters. The van der Waals surface area contributed by atoms with Crippen LogP contribution in [0.1, 0.15) is 192 Å². The second-order valence-electron chi connectivity index (χ2n) is 13.2. The first-order valence-electron chi connectivity index (χ1n) is 19.0. The molecule has 0 aliphatic rings. The van der Waals surface area contributed by atoms with Crippen molar-refractivity contribution in [3.8, 4) is 0 Å². The van der Waals surface area contributed by atoms with Crippen molar-refractivity contribution in [2.75, 3.05) is 0 Å². The maximum atomic E-state index is 5.39. The highest BCUT2D eigenvalue weighted by Gasteiger charge is 2.16. The molecule has 2 aromatic rings. The van der Waals surface area contributed by atoms with Crippen molar-refractivity contribution < 1.29 is 0 Å². The highest BCUT2D eigenvalue weighted by atomic mass is 14.8. The molecule has 0 saturated heterocycles. The summed E-state index contributed by atoms with van der Waals surface area (Å²) in [6.45, 7) is 11.5. The number of rotatable bonds is 26. The first-order valence-corrected chi connectivity index (χ1v) is 19.0. The molecule has 2 rings (SSSR count). The maximum absolute atomic E-state index is 5.39. The second-order valence-corrected chi connectivity index (χ2v) is 13.2. The van der Waals surface area contributed by atoms with Crippen LogP contribution in [0.5, 0.6) is 0 Å². The molecule has 0 radical (unpaired) electrons. The van der Waals surface area contributed by atoms with Gasteiger partial charge >= 0.3 is 0 Å². The predicted molar refractivity (Wildman–Crippen MR) is 199 cm³/mol. The van der Waals surface area contributed by atoms with Crippen molar-refractivity contribution in [2.24, 2.45) is 9.98 Å². The van der Waals surface area contributed by atoms with Crippen molar-refractivity contribution >= 4 is 23.3 Å². The number of hydrogen-bond donors (Lipinski definition) is 0. The molecular formula is C42H68N2. The molecule has 0 aliphatic heterocycles. The summed E-state index contributed by atoms with van der Waals surface area (Å²) in [4.78, 5) is 10.6. The van der Waals surface area contributed by atoms with E-state index in [9.17, 15) is 0 Å². The van der Waals surface area contributed by atoms with Crippen molar-refractivity contribution in [1.29, 1.82) is 0 Å². The van der Waals surface area contributed by atoms with Gasteiger partial charge < -0.3 is 0 Å². The third kappa shape index (κ3) is 15.2. The average Bonchev–Trinajstić information content (AvgIpc) is 3.04. The molecule has 2 nitrogen and oxygen atoms in total. The highest BCUT2D eigenvalue weighted by Crippen LogP contribution is 2.36. The molecule has 246 valence electrons. The largest absolute Gasteiger partial charge is 0.255 e. The van der Waals surface area contributed by atoms with Crippen LogP contribution < -0.4 is 0 Å². The van der Waals surface area contributed by atoms with Crippen LogP contribution >= 0.6 is 0 Å². The van der Waals surface area contributed by atoms with Gasteiger partial charge in [-0.1, -0.05) is 167 Å². The fourth-order valence-corrected chi connectivity index (χ4v) is 6.66. The Bertz CT molecular complexity index is 1040. The van der Waals surface area contributed by atoms with Crippen LogP contribution in [0.15, 0.2) is 58.5 Å². The molecule has 0 aromatic heterocycles. The van der Waals surface area contributed by atoms with Crippen molar-refractivity contribution in [3.63, 3.8) is 0 Å². The van der Waals surface area contributed by atoms with Gasteiger partial charge in [0.05, 0.1) is 17.1 Å². The van der Waals surface area contributed by atoms with Gasteiger partial charge in [-0.3, -0.25) is 9.98 Å². The summed E-state index contributed by atoms with van der Waals surface area (Å²) in [6, 6.07) is 17.9. The summed E-state index contributed by atoms with van der Waals surface area (Å²) in [6.07, 6.45) is 29.0. The first kappa shape index (κ1) is 38.0. The molecule has 0 aliphatic carbocycles. The summed E-state index contributed by atoms with van der Waals surface area (Å²) in [5.41, 5.74) is 6.31. The molecule has 44 heavy (non-hydrogen) atoms. The molecule has 0 fully saturated rings. The molecule has 0 bridgehead atoms. The van der Waals surface area contributed by atoms with E-state index < -0.39 is 0 Å². The molecule has 0 heterocycles. The van der Waals surface area contributed by atoms with Gasteiger partial charge in [0.2, 0.25) is 0 Å². The van der Waals surface area contributed by atoms with Crippen LogP contribution in [0.4, 0.5) is 11.4 Å². The monoisotopic (exact) mass is 601 g/mol. The SMILES string of the molecule is CCCCCCCC(CCC)c1ccccc1N=CC(CCCCCC)=Nc1ccccc1C(CCC)CCCCCCC. The Hall–Kier alpha value is -2.22. The normalized spacial score (nSPS) is 13.5. The number of hydrogen-bond acceptors (Lipinski definition) is 2. The number of nitrogens with zero attached hydrogens (tertiary/aromatic N) is 2. The fraction of sp³-hybridized carbons (Fsp3) is 0.667. The number of para-hydroxylation sites is 2. The zero-order valence-corrected chi connectivity index (χ0v) is 29.6. The fourth-order valence-electron chi connectivity index (χ4n) is 6.66. The van der Waals surface area contributed by atoms with Crippen LogP contribution in [-0.2, 0) is 0 Å². The van der Waals surface area contributed by atoms with Crippen molar-refractivity contribution in [3.05, 3.63) is 59.7 Å². The predicted octanol–water partition coefficient (Wildman–Crippen LogP) is 14.6. The lowest BCUT2D eigenvalue weighted by atomic mass is 9.88. The Labute approximate surface area is 273 Å². The Morgan fingerprint density at radius 1 is 0.500 bits per heavy atom. The van der Waals surface area contributed by atoms with Gasteiger partial charge in [-0.25, -0.2) is 0 Å². The molecule has 2 heteroatoms. The van der Waals surface area contributed by atoms with Gasteiger partial charge in [0.15, 0.2) is 0 Å². The average molecular weight is 601 g/mol. The second kappa shape index (κ2) is 25.0. The van der Waals surface area contributed by atoms with Gasteiger partial charge in [0, 0.05) is 6.21 Å². The van der Waals surface area contributed by atoms with E-state index in [1.165, 1.54) is 145 Å². The van der Waals surface area contributed by atoms with Gasteiger partial charge in [-0.15, -0.1) is 0 Å². The van der Waals surface area contributed by atoms with E-state index in [1.54, 1.807) is 0 Å². The maximum Gasteiger partial charge on any atom is 0.0668 e. The third-order valence-electron chi connectivity index (χ3n) is 9.24. The van der Waals surface area contributed by atoms with E-state index in [0.29, 0.717) is 11.8 Å². The van der Waals surface area contributed by atoms with E-state index in [2.05, 4.69) is 89.4 Å². The molecule has 0 amide bonds. The van der Waals surface area contributed by atoms with E-state index in [0.717, 1.165) is 17.8 Å². The molecule has 2 atom stereocenters. The summed E-state index contributed by atoms with van der Waals surface area (Å²) in [7, 11) is 0. The van der Waals surface area contributed by atoms with E-state index in [-0.39, 0.29) is 0 Å². The summed E-state index contributed by atoms with van der Waals surface area (Å²) in [5, 5.41) is 0. The van der Waals surface area contributed by atoms with Gasteiger partial charge in [0.1, 0.15) is 0 Å². The van der Waals surface area contributed by atoms with Gasteiger partial charge in [-0.2, -0.15) is 0 Å². The summed E-state index contributed by atoms with van der Waals surface area (Å²) in [5.74, 6) is 1.18. The van der Waals surface area contributed by atoms with Gasteiger partial charge in [-0.05, 0) is 73.6 Å². The zero-order chi connectivity index (χ0) is 31.7. The van der Waals surface area contributed by atoms with Crippen LogP contribution in [0.25, 0.3) is 0 Å². The molecular weight excluding hydrogens is 532 g/mol. The lowest BCUT2D eigenvalue weighted by Gasteiger charge is -2.19. The quantitative estimate of drug-likeness (QED) is 0.0758. The molecule has 0 N–H and O–H groups in total. The van der Waals surface area contributed by atoms with Crippen molar-refractivity contribution in [2.45, 2.75) is 181 Å². The van der Waals surface area contributed by atoms with E-state index in [4.69, 9.17) is 9.98 Å². The lowest BCUT2D eigenvalue weighted by Crippen LogP contribution is -2.04. The Morgan fingerprint density at radius 2 is 0.955 bits per heavy atom. The number of aliphatic imine (C=N–C) groups is 2. The van der Waals surface area contributed by atoms with Gasteiger partial charge in [0.25, 0.3) is 0 Å². The number of benzene rings is 2. The minimum Gasteiger partial charge on any atom is -0.255 e. The van der Waals surface area contributed by atoms with Crippen molar-refractivity contribution in [1.82, 2.24) is 0 Å². The Kier molecular flexibility index (Phi) is 21.6. The standard InChI is InChI=1S/C42H68N2/c1-6-11-14-17-19-28-36(26-9-4)39-31-22-24-33-41(39)43-35-38(30-21-16-13-8-3)44-42-34-25-23-32-40(42)37(27-10-5)29-20-18-15-12-7-2/h22-25,31-37H,6-21,26-30H2,1-5H3. The zero-order valence-electron chi connectivity index (χ0n) is 29.6. The van der Waals surface area contributed by atoms with Crippen LogP contribution in [0.2, 0.25) is 0 Å².